The summed E-state index contributed by atoms with van der Waals surface area (Å²) in [6, 6.07) is -0.764. The SMILES string of the molecule is CC(=O)SCCC(C)C(=O)N1C=CCCC1C(=O)O. The van der Waals surface area contributed by atoms with E-state index in [-0.39, 0.29) is 16.9 Å². The Morgan fingerprint density at radius 2 is 2.16 bits per heavy atom. The number of rotatable bonds is 5. The number of aliphatic carboxylic acids is 1. The normalized spacial score (nSPS) is 20.1. The van der Waals surface area contributed by atoms with Crippen molar-refractivity contribution in [3.05, 3.63) is 12.3 Å². The largest absolute Gasteiger partial charge is 0.480 e. The Morgan fingerprint density at radius 1 is 1.47 bits per heavy atom. The second-order valence-corrected chi connectivity index (χ2v) is 5.86. The average Bonchev–Trinajstić information content (AvgIpc) is 2.37. The lowest BCUT2D eigenvalue weighted by atomic mass is 10.0. The van der Waals surface area contributed by atoms with Gasteiger partial charge >= 0.3 is 5.97 Å². The molecule has 0 saturated carbocycles. The number of carboxylic acid groups (broad SMARTS) is 1. The summed E-state index contributed by atoms with van der Waals surface area (Å²) in [7, 11) is 0. The molecule has 2 unspecified atom stereocenters. The number of thioether (sulfide) groups is 1. The molecule has 1 aliphatic heterocycles. The zero-order valence-electron chi connectivity index (χ0n) is 11.2. The molecule has 0 aromatic rings. The van der Waals surface area contributed by atoms with E-state index in [0.29, 0.717) is 25.0 Å². The van der Waals surface area contributed by atoms with Gasteiger partial charge in [-0.2, -0.15) is 0 Å². The summed E-state index contributed by atoms with van der Waals surface area (Å²) >= 11 is 1.19. The zero-order valence-corrected chi connectivity index (χ0v) is 12.0. The highest BCUT2D eigenvalue weighted by Crippen LogP contribution is 2.20. The summed E-state index contributed by atoms with van der Waals surface area (Å²) in [5.74, 6) is -0.857. The maximum atomic E-state index is 12.2. The molecule has 1 heterocycles. The van der Waals surface area contributed by atoms with Crippen molar-refractivity contribution in [3.8, 4) is 0 Å². The monoisotopic (exact) mass is 285 g/mol. The predicted molar refractivity (Wildman–Crippen MR) is 73.6 cm³/mol. The highest BCUT2D eigenvalue weighted by molar-refractivity contribution is 8.13. The summed E-state index contributed by atoms with van der Waals surface area (Å²) < 4.78 is 0. The highest BCUT2D eigenvalue weighted by Gasteiger charge is 2.31. The van der Waals surface area contributed by atoms with Gasteiger partial charge in [-0.25, -0.2) is 4.79 Å². The highest BCUT2D eigenvalue weighted by atomic mass is 32.2. The number of carbonyl (C=O) groups excluding carboxylic acids is 2. The lowest BCUT2D eigenvalue weighted by Crippen LogP contribution is -2.45. The number of hydrogen-bond donors (Lipinski definition) is 1. The first-order chi connectivity index (χ1) is 8.93. The van der Waals surface area contributed by atoms with Crippen LogP contribution in [0.5, 0.6) is 0 Å². The molecule has 0 saturated heterocycles. The predicted octanol–water partition coefficient (Wildman–Crippen LogP) is 1.88. The maximum absolute atomic E-state index is 12.2. The van der Waals surface area contributed by atoms with Crippen LogP contribution >= 0.6 is 11.8 Å². The fraction of sp³-hybridized carbons (Fsp3) is 0.615. The van der Waals surface area contributed by atoms with Gasteiger partial charge in [0.15, 0.2) is 5.12 Å². The van der Waals surface area contributed by atoms with Gasteiger partial charge in [0.2, 0.25) is 5.91 Å². The first kappa shape index (κ1) is 15.8. The fourth-order valence-corrected chi connectivity index (χ4v) is 2.67. The molecule has 19 heavy (non-hydrogen) atoms. The van der Waals surface area contributed by atoms with Gasteiger partial charge in [0, 0.05) is 24.8 Å². The molecule has 0 aromatic carbocycles. The van der Waals surface area contributed by atoms with Gasteiger partial charge < -0.3 is 10.0 Å². The molecule has 0 radical (unpaired) electrons. The van der Waals surface area contributed by atoms with Crippen molar-refractivity contribution in [2.24, 2.45) is 5.92 Å². The summed E-state index contributed by atoms with van der Waals surface area (Å²) in [5, 5.41) is 9.14. The minimum Gasteiger partial charge on any atom is -0.480 e. The van der Waals surface area contributed by atoms with Gasteiger partial charge in [-0.3, -0.25) is 9.59 Å². The van der Waals surface area contributed by atoms with Crippen LogP contribution in [0.25, 0.3) is 0 Å². The third-order valence-corrected chi connectivity index (χ3v) is 3.87. The number of amides is 1. The maximum Gasteiger partial charge on any atom is 0.326 e. The van der Waals surface area contributed by atoms with Crippen molar-refractivity contribution in [2.75, 3.05) is 5.75 Å². The van der Waals surface area contributed by atoms with Crippen LogP contribution in [0.1, 0.15) is 33.1 Å². The van der Waals surface area contributed by atoms with Gasteiger partial charge in [0.1, 0.15) is 6.04 Å². The van der Waals surface area contributed by atoms with E-state index in [0.717, 1.165) is 0 Å². The van der Waals surface area contributed by atoms with E-state index < -0.39 is 12.0 Å². The Hall–Kier alpha value is -1.30. The van der Waals surface area contributed by atoms with Crippen LogP contribution in [0.3, 0.4) is 0 Å². The van der Waals surface area contributed by atoms with Crippen LogP contribution < -0.4 is 0 Å². The van der Waals surface area contributed by atoms with Gasteiger partial charge in [0.25, 0.3) is 0 Å². The van der Waals surface area contributed by atoms with Crippen molar-refractivity contribution in [3.63, 3.8) is 0 Å². The molecule has 0 spiro atoms. The molecular formula is C13H19NO4S. The van der Waals surface area contributed by atoms with E-state index in [2.05, 4.69) is 0 Å². The average molecular weight is 285 g/mol. The first-order valence-electron chi connectivity index (χ1n) is 6.28. The van der Waals surface area contributed by atoms with Crippen LogP contribution in [-0.2, 0) is 14.4 Å². The van der Waals surface area contributed by atoms with Crippen LogP contribution in [0.4, 0.5) is 0 Å². The van der Waals surface area contributed by atoms with Crippen LogP contribution in [0.2, 0.25) is 0 Å². The van der Waals surface area contributed by atoms with Crippen molar-refractivity contribution in [1.82, 2.24) is 4.90 Å². The molecule has 1 rings (SSSR count). The summed E-state index contributed by atoms with van der Waals surface area (Å²) in [6.45, 7) is 3.26. The van der Waals surface area contributed by atoms with E-state index >= 15 is 0 Å². The van der Waals surface area contributed by atoms with Gasteiger partial charge in [0.05, 0.1) is 0 Å². The van der Waals surface area contributed by atoms with Gasteiger partial charge in [-0.15, -0.1) is 0 Å². The quantitative estimate of drug-likeness (QED) is 0.834. The minimum atomic E-state index is -0.969. The van der Waals surface area contributed by atoms with Crippen molar-refractivity contribution in [2.45, 2.75) is 39.2 Å². The molecular weight excluding hydrogens is 266 g/mol. The molecule has 1 amide bonds. The van der Waals surface area contributed by atoms with Gasteiger partial charge in [-0.05, 0) is 19.3 Å². The number of carboxylic acids is 1. The Morgan fingerprint density at radius 3 is 2.74 bits per heavy atom. The Balaban J connectivity index is 2.58. The lowest BCUT2D eigenvalue weighted by Gasteiger charge is -2.30. The van der Waals surface area contributed by atoms with Crippen LogP contribution in [0, 0.1) is 5.92 Å². The number of nitrogens with zero attached hydrogens (tertiary/aromatic N) is 1. The molecule has 0 bridgehead atoms. The number of carbonyl (C=O) groups is 3. The van der Waals surface area contributed by atoms with Crippen LogP contribution in [-0.4, -0.2) is 38.8 Å². The van der Waals surface area contributed by atoms with E-state index in [9.17, 15) is 14.4 Å². The Bertz CT molecular complexity index is 394. The molecule has 2 atom stereocenters. The number of allylic oxidation sites excluding steroid dienone is 1. The molecule has 0 aliphatic carbocycles. The molecule has 5 nitrogen and oxygen atoms in total. The second kappa shape index (κ2) is 7.33. The molecule has 0 aromatic heterocycles. The standard InChI is InChI=1S/C13H19NO4S/c1-9(6-8-19-10(2)15)12(16)14-7-4-3-5-11(14)13(17)18/h4,7,9,11H,3,5-6,8H2,1-2H3,(H,17,18). The van der Waals surface area contributed by atoms with Crippen molar-refractivity contribution < 1.29 is 19.5 Å². The molecule has 106 valence electrons. The van der Waals surface area contributed by atoms with E-state index in [4.69, 9.17) is 5.11 Å². The van der Waals surface area contributed by atoms with E-state index in [1.54, 1.807) is 13.1 Å². The Labute approximate surface area is 117 Å². The molecule has 0 fully saturated rings. The molecule has 1 N–H and O–H groups in total. The third-order valence-electron chi connectivity index (χ3n) is 3.03. The van der Waals surface area contributed by atoms with Gasteiger partial charge in [-0.1, -0.05) is 24.8 Å². The lowest BCUT2D eigenvalue weighted by molar-refractivity contribution is -0.149. The third kappa shape index (κ3) is 4.70. The van der Waals surface area contributed by atoms with Crippen molar-refractivity contribution in [1.29, 1.82) is 0 Å². The minimum absolute atomic E-state index is 0.0286. The topological polar surface area (TPSA) is 74.7 Å². The van der Waals surface area contributed by atoms with Crippen LogP contribution in [0.15, 0.2) is 12.3 Å². The number of hydrogen-bond acceptors (Lipinski definition) is 4. The Kier molecular flexibility index (Phi) is 6.08. The van der Waals surface area contributed by atoms with E-state index in [1.807, 2.05) is 6.08 Å². The second-order valence-electron chi connectivity index (χ2n) is 4.59. The summed E-state index contributed by atoms with van der Waals surface area (Å²) in [6.07, 6.45) is 5.08. The molecule has 6 heteroatoms. The first-order valence-corrected chi connectivity index (χ1v) is 7.27. The van der Waals surface area contributed by atoms with Crippen molar-refractivity contribution >= 4 is 28.8 Å². The van der Waals surface area contributed by atoms with E-state index in [1.165, 1.54) is 23.6 Å². The summed E-state index contributed by atoms with van der Waals surface area (Å²) in [5.41, 5.74) is 0. The molecule has 1 aliphatic rings. The zero-order chi connectivity index (χ0) is 14.4. The fourth-order valence-electron chi connectivity index (χ4n) is 1.91. The summed E-state index contributed by atoms with van der Waals surface area (Å²) in [4.78, 5) is 35.5. The smallest absolute Gasteiger partial charge is 0.326 e.